The molecule has 1 aromatic heterocycles. The first-order chi connectivity index (χ1) is 18.3. The van der Waals surface area contributed by atoms with Gasteiger partial charge in [-0.05, 0) is 81.7 Å². The standard InChI is InChI=1S/C29H29BrN4O4/c1-18(35)34(14-4-13-33(2)3)22-9-7-21(8-10-22)31-28(19-5-12-25-26(15-19)38-17-37-25)27-23-11-6-20(30)16-24(23)32-29(27)36/h5-12,15-16,32,36H,4,13-14,17H2,1-3H3. The van der Waals surface area contributed by atoms with Crippen molar-refractivity contribution in [1.29, 1.82) is 0 Å². The lowest BCUT2D eigenvalue weighted by atomic mass is 10.00. The van der Waals surface area contributed by atoms with Gasteiger partial charge in [0.05, 0.1) is 22.5 Å². The number of carbonyl (C=O) groups is 1. The van der Waals surface area contributed by atoms with Gasteiger partial charge in [0.2, 0.25) is 12.7 Å². The highest BCUT2D eigenvalue weighted by Crippen LogP contribution is 2.37. The summed E-state index contributed by atoms with van der Waals surface area (Å²) in [7, 11) is 4.04. The van der Waals surface area contributed by atoms with E-state index in [-0.39, 0.29) is 18.6 Å². The van der Waals surface area contributed by atoms with E-state index in [9.17, 15) is 9.90 Å². The first-order valence-corrected chi connectivity index (χ1v) is 13.1. The van der Waals surface area contributed by atoms with E-state index in [1.807, 2.05) is 74.8 Å². The third-order valence-corrected chi connectivity index (χ3v) is 6.89. The number of hydrogen-bond acceptors (Lipinski definition) is 6. The minimum absolute atomic E-state index is 0.00377. The summed E-state index contributed by atoms with van der Waals surface area (Å²) >= 11 is 3.49. The van der Waals surface area contributed by atoms with Crippen molar-refractivity contribution >= 4 is 49.8 Å². The Bertz CT molecular complexity index is 1510. The number of nitrogens with zero attached hydrogens (tertiary/aromatic N) is 3. The molecule has 1 aliphatic heterocycles. The minimum atomic E-state index is -0.00377. The number of aliphatic imine (C=N–C) groups is 1. The van der Waals surface area contributed by atoms with Crippen LogP contribution in [0, 0.1) is 0 Å². The van der Waals surface area contributed by atoms with Gasteiger partial charge in [0.25, 0.3) is 0 Å². The molecule has 2 heterocycles. The molecule has 2 N–H and O–H groups in total. The Labute approximate surface area is 229 Å². The lowest BCUT2D eigenvalue weighted by Crippen LogP contribution is -2.31. The summed E-state index contributed by atoms with van der Waals surface area (Å²) in [5.41, 5.74) is 4.22. The van der Waals surface area contributed by atoms with Crippen molar-refractivity contribution in [1.82, 2.24) is 9.88 Å². The molecule has 9 heteroatoms. The average molecular weight is 577 g/mol. The van der Waals surface area contributed by atoms with E-state index >= 15 is 0 Å². The fraction of sp³-hybridized carbons (Fsp3) is 0.241. The van der Waals surface area contributed by atoms with Crippen LogP contribution in [0.15, 0.2) is 70.1 Å². The second-order valence-electron chi connectivity index (χ2n) is 9.41. The molecule has 8 nitrogen and oxygen atoms in total. The Morgan fingerprint density at radius 3 is 2.53 bits per heavy atom. The van der Waals surface area contributed by atoms with Crippen LogP contribution in [-0.2, 0) is 4.79 Å². The average Bonchev–Trinajstić information content (AvgIpc) is 3.48. The van der Waals surface area contributed by atoms with Gasteiger partial charge in [-0.2, -0.15) is 0 Å². The normalized spacial score (nSPS) is 12.9. The summed E-state index contributed by atoms with van der Waals surface area (Å²) in [6.07, 6.45) is 0.872. The zero-order valence-corrected chi connectivity index (χ0v) is 23.1. The summed E-state index contributed by atoms with van der Waals surface area (Å²) in [5.74, 6) is 1.32. The Morgan fingerprint density at radius 2 is 1.79 bits per heavy atom. The van der Waals surface area contributed by atoms with Crippen LogP contribution in [0.1, 0.15) is 24.5 Å². The smallest absolute Gasteiger partial charge is 0.231 e. The second-order valence-corrected chi connectivity index (χ2v) is 10.3. The van der Waals surface area contributed by atoms with Crippen molar-refractivity contribution < 1.29 is 19.4 Å². The van der Waals surface area contributed by atoms with E-state index in [0.717, 1.165) is 39.6 Å². The maximum atomic E-state index is 12.3. The van der Waals surface area contributed by atoms with Crippen LogP contribution in [0.5, 0.6) is 17.4 Å². The van der Waals surface area contributed by atoms with Crippen molar-refractivity contribution in [3.8, 4) is 17.4 Å². The number of carbonyl (C=O) groups excluding carboxylic acids is 1. The number of benzene rings is 3. The van der Waals surface area contributed by atoms with Gasteiger partial charge in [-0.15, -0.1) is 0 Å². The topological polar surface area (TPSA) is 90.4 Å². The lowest BCUT2D eigenvalue weighted by Gasteiger charge is -2.22. The number of ether oxygens (including phenoxy) is 2. The molecular formula is C29H29BrN4O4. The van der Waals surface area contributed by atoms with Crippen LogP contribution in [0.3, 0.4) is 0 Å². The second kappa shape index (κ2) is 10.9. The van der Waals surface area contributed by atoms with Gasteiger partial charge in [-0.3, -0.25) is 4.79 Å². The van der Waals surface area contributed by atoms with E-state index in [0.29, 0.717) is 35.0 Å². The number of nitrogens with one attached hydrogen (secondary N) is 1. The van der Waals surface area contributed by atoms with Crippen LogP contribution >= 0.6 is 15.9 Å². The van der Waals surface area contributed by atoms with Gasteiger partial charge in [-0.1, -0.05) is 22.0 Å². The number of anilines is 1. The molecule has 38 heavy (non-hydrogen) atoms. The minimum Gasteiger partial charge on any atom is -0.494 e. The first kappa shape index (κ1) is 25.8. The van der Waals surface area contributed by atoms with E-state index < -0.39 is 0 Å². The number of aromatic nitrogens is 1. The third kappa shape index (κ3) is 5.39. The SMILES string of the molecule is CC(=O)N(CCCN(C)C)c1ccc(N=C(c2ccc3c(c2)OCO3)c2c(O)[nH]c3cc(Br)ccc23)cc1. The molecule has 1 amide bonds. The highest BCUT2D eigenvalue weighted by Gasteiger charge is 2.22. The van der Waals surface area contributed by atoms with Crippen molar-refractivity contribution in [2.24, 2.45) is 4.99 Å². The van der Waals surface area contributed by atoms with Crippen molar-refractivity contribution in [3.05, 3.63) is 76.3 Å². The number of rotatable bonds is 8. The third-order valence-electron chi connectivity index (χ3n) is 6.39. The van der Waals surface area contributed by atoms with E-state index in [4.69, 9.17) is 14.5 Å². The Morgan fingerprint density at radius 1 is 1.03 bits per heavy atom. The molecule has 0 aliphatic carbocycles. The number of amides is 1. The zero-order valence-electron chi connectivity index (χ0n) is 21.5. The van der Waals surface area contributed by atoms with Gasteiger partial charge in [0, 0.05) is 34.6 Å². The number of H-pyrrole nitrogens is 1. The van der Waals surface area contributed by atoms with E-state index in [1.54, 1.807) is 11.8 Å². The number of aromatic hydroxyl groups is 1. The molecule has 0 saturated heterocycles. The predicted octanol–water partition coefficient (Wildman–Crippen LogP) is 5.84. The quantitative estimate of drug-likeness (QED) is 0.257. The Balaban J connectivity index is 1.56. The van der Waals surface area contributed by atoms with E-state index in [2.05, 4.69) is 25.8 Å². The monoisotopic (exact) mass is 576 g/mol. The molecule has 4 aromatic rings. The molecule has 0 unspecified atom stereocenters. The highest BCUT2D eigenvalue weighted by molar-refractivity contribution is 9.10. The highest BCUT2D eigenvalue weighted by atomic mass is 79.9. The van der Waals surface area contributed by atoms with Crippen molar-refractivity contribution in [3.63, 3.8) is 0 Å². The maximum absolute atomic E-state index is 12.3. The first-order valence-electron chi connectivity index (χ1n) is 12.3. The van der Waals surface area contributed by atoms with Crippen molar-refractivity contribution in [2.75, 3.05) is 38.9 Å². The molecule has 0 atom stereocenters. The summed E-state index contributed by atoms with van der Waals surface area (Å²) in [6, 6.07) is 19.0. The molecule has 0 radical (unpaired) electrons. The van der Waals surface area contributed by atoms with Crippen LogP contribution in [-0.4, -0.2) is 60.6 Å². The number of hydrogen-bond donors (Lipinski definition) is 2. The van der Waals surface area contributed by atoms with E-state index in [1.165, 1.54) is 0 Å². The number of fused-ring (bicyclic) bond motifs is 2. The van der Waals surface area contributed by atoms with Gasteiger partial charge in [0.1, 0.15) is 0 Å². The van der Waals surface area contributed by atoms with Gasteiger partial charge in [-0.25, -0.2) is 4.99 Å². The summed E-state index contributed by atoms with van der Waals surface area (Å²) in [5, 5.41) is 11.8. The summed E-state index contributed by atoms with van der Waals surface area (Å²) in [6.45, 7) is 3.28. The van der Waals surface area contributed by atoms with Crippen LogP contribution < -0.4 is 14.4 Å². The number of aromatic amines is 1. The summed E-state index contributed by atoms with van der Waals surface area (Å²) in [4.78, 5) is 24.3. The fourth-order valence-corrected chi connectivity index (χ4v) is 4.91. The number of halogens is 1. The van der Waals surface area contributed by atoms with Crippen LogP contribution in [0.25, 0.3) is 10.9 Å². The zero-order chi connectivity index (χ0) is 26.8. The maximum Gasteiger partial charge on any atom is 0.231 e. The molecule has 1 aliphatic rings. The van der Waals surface area contributed by atoms with Crippen molar-refractivity contribution in [2.45, 2.75) is 13.3 Å². The van der Waals surface area contributed by atoms with Crippen LogP contribution in [0.2, 0.25) is 0 Å². The Hall–Kier alpha value is -3.82. The molecule has 0 fully saturated rings. The van der Waals surface area contributed by atoms with Crippen LogP contribution in [0.4, 0.5) is 11.4 Å². The fourth-order valence-electron chi connectivity index (χ4n) is 4.55. The van der Waals surface area contributed by atoms with Gasteiger partial charge < -0.3 is 29.4 Å². The predicted molar refractivity (Wildman–Crippen MR) is 153 cm³/mol. The molecule has 0 saturated carbocycles. The van der Waals surface area contributed by atoms with Gasteiger partial charge >= 0.3 is 0 Å². The molecule has 196 valence electrons. The summed E-state index contributed by atoms with van der Waals surface area (Å²) < 4.78 is 12.0. The molecule has 0 bridgehead atoms. The molecular weight excluding hydrogens is 548 g/mol. The molecule has 3 aromatic carbocycles. The van der Waals surface area contributed by atoms with Gasteiger partial charge in [0.15, 0.2) is 17.4 Å². The Kier molecular flexibility index (Phi) is 7.40. The molecule has 0 spiro atoms. The largest absolute Gasteiger partial charge is 0.494 e. The molecule has 5 rings (SSSR count). The lowest BCUT2D eigenvalue weighted by molar-refractivity contribution is -0.116.